The van der Waals surface area contributed by atoms with E-state index < -0.39 is 6.10 Å². The van der Waals surface area contributed by atoms with Gasteiger partial charge < -0.3 is 14.9 Å². The Morgan fingerprint density at radius 2 is 2.19 bits per heavy atom. The summed E-state index contributed by atoms with van der Waals surface area (Å²) in [5, 5.41) is 17.8. The Morgan fingerprint density at radius 1 is 1.37 bits per heavy atom. The van der Waals surface area contributed by atoms with E-state index in [9.17, 15) is 9.90 Å². The molecule has 0 spiro atoms. The number of unbranched alkanes of at least 4 members (excludes halogenated alkanes) is 1. The predicted molar refractivity (Wildman–Crippen MR) is 107 cm³/mol. The number of hydrogen-bond donors (Lipinski definition) is 2. The lowest BCUT2D eigenvalue weighted by Crippen LogP contribution is -2.39. The van der Waals surface area contributed by atoms with Crippen LogP contribution in [0.3, 0.4) is 0 Å². The van der Waals surface area contributed by atoms with Crippen molar-refractivity contribution in [3.8, 4) is 0 Å². The number of aliphatic hydroxyl groups is 1. The number of carbonyl (C=O) groups excluding carboxylic acids is 1. The van der Waals surface area contributed by atoms with Gasteiger partial charge in [-0.05, 0) is 58.1 Å². The maximum absolute atomic E-state index is 12.5. The van der Waals surface area contributed by atoms with Crippen molar-refractivity contribution in [1.29, 1.82) is 0 Å². The van der Waals surface area contributed by atoms with Gasteiger partial charge in [-0.2, -0.15) is 0 Å². The second kappa shape index (κ2) is 8.80. The van der Waals surface area contributed by atoms with Gasteiger partial charge >= 0.3 is 0 Å². The number of thiazole rings is 1. The first-order valence-corrected chi connectivity index (χ1v) is 10.4. The quantitative estimate of drug-likeness (QED) is 0.750. The maximum atomic E-state index is 12.5. The van der Waals surface area contributed by atoms with Crippen LogP contribution in [-0.2, 0) is 6.42 Å². The molecule has 27 heavy (non-hydrogen) atoms. The third kappa shape index (κ3) is 4.65. The monoisotopic (exact) mass is 389 g/mol. The van der Waals surface area contributed by atoms with Crippen molar-refractivity contribution in [2.24, 2.45) is 0 Å². The number of nitrogens with zero attached hydrogens (tertiary/aromatic N) is 2. The second-order valence-electron chi connectivity index (χ2n) is 7.08. The molecule has 0 radical (unpaired) electrons. The summed E-state index contributed by atoms with van der Waals surface area (Å²) in [6, 6.07) is -0.154. The van der Waals surface area contributed by atoms with E-state index >= 15 is 0 Å². The molecule has 1 amide bonds. The summed E-state index contributed by atoms with van der Waals surface area (Å²) >= 11 is 1.36. The lowest BCUT2D eigenvalue weighted by molar-refractivity contribution is 0.0876. The molecule has 2 aromatic heterocycles. The molecule has 1 fully saturated rings. The molecule has 146 valence electrons. The lowest BCUT2D eigenvalue weighted by Gasteiger charge is -2.15. The van der Waals surface area contributed by atoms with Crippen molar-refractivity contribution < 1.29 is 14.4 Å². The molecule has 0 aliphatic heterocycles. The Balaban J connectivity index is 1.72. The van der Waals surface area contributed by atoms with Crippen LogP contribution in [0.1, 0.15) is 76.4 Å². The fourth-order valence-corrected chi connectivity index (χ4v) is 4.23. The summed E-state index contributed by atoms with van der Waals surface area (Å²) < 4.78 is 5.33. The van der Waals surface area contributed by atoms with E-state index in [2.05, 4.69) is 22.4 Å². The van der Waals surface area contributed by atoms with Crippen molar-refractivity contribution in [2.45, 2.75) is 71.4 Å². The van der Waals surface area contributed by atoms with E-state index in [1.165, 1.54) is 11.3 Å². The number of aliphatic hydroxyl groups excluding tert-OH is 1. The molecular weight excluding hydrogens is 362 g/mol. The molecule has 0 aromatic carbocycles. The van der Waals surface area contributed by atoms with Gasteiger partial charge in [-0.15, -0.1) is 11.3 Å². The summed E-state index contributed by atoms with van der Waals surface area (Å²) in [6.45, 7) is 5.89. The summed E-state index contributed by atoms with van der Waals surface area (Å²) in [7, 11) is 0. The number of amides is 1. The number of aryl methyl sites for hydroxylation is 3. The molecule has 1 aliphatic carbocycles. The molecule has 1 saturated carbocycles. The zero-order valence-electron chi connectivity index (χ0n) is 16.1. The maximum Gasteiger partial charge on any atom is 0.263 e. The average molecular weight is 390 g/mol. The SMILES string of the molecule is CCCCc1noc(C)c1/C=C/c1nc(C)c(C(=O)NC2CCCC2O)s1. The van der Waals surface area contributed by atoms with E-state index in [1.54, 1.807) is 0 Å². The Kier molecular flexibility index (Phi) is 6.44. The van der Waals surface area contributed by atoms with Gasteiger partial charge in [0, 0.05) is 5.56 Å². The third-order valence-corrected chi connectivity index (χ3v) is 6.08. The number of hydrogen-bond acceptors (Lipinski definition) is 6. The topological polar surface area (TPSA) is 88.2 Å². The summed E-state index contributed by atoms with van der Waals surface area (Å²) in [6.07, 6.45) is 9.02. The van der Waals surface area contributed by atoms with Crippen LogP contribution in [0, 0.1) is 13.8 Å². The van der Waals surface area contributed by atoms with Crippen LogP contribution in [0.25, 0.3) is 12.2 Å². The second-order valence-corrected chi connectivity index (χ2v) is 8.11. The highest BCUT2D eigenvalue weighted by Crippen LogP contribution is 2.24. The molecule has 2 N–H and O–H groups in total. The Labute approximate surface area is 163 Å². The van der Waals surface area contributed by atoms with Gasteiger partial charge in [0.15, 0.2) is 0 Å². The highest BCUT2D eigenvalue weighted by atomic mass is 32.1. The Hall–Kier alpha value is -1.99. The van der Waals surface area contributed by atoms with Gasteiger partial charge in [0.1, 0.15) is 15.6 Å². The van der Waals surface area contributed by atoms with Crippen molar-refractivity contribution in [1.82, 2.24) is 15.5 Å². The minimum Gasteiger partial charge on any atom is -0.391 e. The van der Waals surface area contributed by atoms with E-state index in [-0.39, 0.29) is 11.9 Å². The van der Waals surface area contributed by atoms with E-state index in [4.69, 9.17) is 4.52 Å². The largest absolute Gasteiger partial charge is 0.391 e. The zero-order valence-corrected chi connectivity index (χ0v) is 16.9. The first-order valence-electron chi connectivity index (χ1n) is 9.59. The highest BCUT2D eigenvalue weighted by molar-refractivity contribution is 7.14. The highest BCUT2D eigenvalue weighted by Gasteiger charge is 2.28. The molecule has 7 heteroatoms. The first-order chi connectivity index (χ1) is 13.0. The van der Waals surface area contributed by atoms with Crippen LogP contribution in [0.4, 0.5) is 0 Å². The zero-order chi connectivity index (χ0) is 19.4. The van der Waals surface area contributed by atoms with Crippen molar-refractivity contribution >= 4 is 29.4 Å². The standard InChI is InChI=1S/C20H27N3O3S/c1-4-5-7-15-14(13(3)26-23-15)10-11-18-21-12(2)19(27-18)20(25)22-16-8-6-9-17(16)24/h10-11,16-17,24H,4-9H2,1-3H3,(H,22,25)/b11-10+. The molecule has 2 atom stereocenters. The fraction of sp³-hybridized carbons (Fsp3) is 0.550. The summed E-state index contributed by atoms with van der Waals surface area (Å²) in [5.74, 6) is 0.638. The number of carbonyl (C=O) groups is 1. The molecule has 2 aromatic rings. The Bertz CT molecular complexity index is 825. The van der Waals surface area contributed by atoms with Crippen LogP contribution in [0.5, 0.6) is 0 Å². The smallest absolute Gasteiger partial charge is 0.263 e. The Morgan fingerprint density at radius 3 is 2.89 bits per heavy atom. The van der Waals surface area contributed by atoms with Gasteiger partial charge in [-0.1, -0.05) is 18.5 Å². The molecule has 2 heterocycles. The normalized spacial score (nSPS) is 19.9. The van der Waals surface area contributed by atoms with Crippen molar-refractivity contribution in [3.05, 3.63) is 32.6 Å². The third-order valence-electron chi connectivity index (χ3n) is 4.96. The molecule has 0 saturated heterocycles. The molecule has 3 rings (SSSR count). The van der Waals surface area contributed by atoms with Crippen LogP contribution in [0.15, 0.2) is 4.52 Å². The average Bonchev–Trinajstić information content (AvgIpc) is 3.31. The molecule has 1 aliphatic rings. The van der Waals surface area contributed by atoms with E-state index in [1.807, 2.05) is 26.0 Å². The van der Waals surface area contributed by atoms with Gasteiger partial charge in [0.2, 0.25) is 0 Å². The molecule has 0 bridgehead atoms. The molecular formula is C20H27N3O3S. The van der Waals surface area contributed by atoms with Crippen LogP contribution in [-0.4, -0.2) is 33.3 Å². The molecule has 2 unspecified atom stereocenters. The fourth-order valence-electron chi connectivity index (χ4n) is 3.36. The summed E-state index contributed by atoms with van der Waals surface area (Å²) in [4.78, 5) is 17.6. The van der Waals surface area contributed by atoms with E-state index in [0.29, 0.717) is 10.6 Å². The van der Waals surface area contributed by atoms with Gasteiger partial charge in [0.05, 0.1) is 23.5 Å². The predicted octanol–water partition coefficient (Wildman–Crippen LogP) is 3.90. The minimum atomic E-state index is -0.445. The van der Waals surface area contributed by atoms with Crippen LogP contribution < -0.4 is 5.32 Å². The van der Waals surface area contributed by atoms with E-state index in [0.717, 1.165) is 60.6 Å². The first kappa shape index (κ1) is 19.8. The number of nitrogens with one attached hydrogen (secondary N) is 1. The molecule has 6 nitrogen and oxygen atoms in total. The van der Waals surface area contributed by atoms with Crippen molar-refractivity contribution in [2.75, 3.05) is 0 Å². The van der Waals surface area contributed by atoms with Crippen LogP contribution in [0.2, 0.25) is 0 Å². The number of aromatic nitrogens is 2. The van der Waals surface area contributed by atoms with Crippen LogP contribution >= 0.6 is 11.3 Å². The lowest BCUT2D eigenvalue weighted by atomic mass is 10.1. The number of rotatable bonds is 7. The minimum absolute atomic E-state index is 0.152. The summed E-state index contributed by atoms with van der Waals surface area (Å²) in [5.41, 5.74) is 2.67. The van der Waals surface area contributed by atoms with Gasteiger partial charge in [0.25, 0.3) is 5.91 Å². The van der Waals surface area contributed by atoms with Gasteiger partial charge in [-0.3, -0.25) is 4.79 Å². The van der Waals surface area contributed by atoms with Crippen molar-refractivity contribution in [3.63, 3.8) is 0 Å². The van der Waals surface area contributed by atoms with Gasteiger partial charge in [-0.25, -0.2) is 4.98 Å².